The first-order valence-electron chi connectivity index (χ1n) is 5.52. The summed E-state index contributed by atoms with van der Waals surface area (Å²) in [6, 6.07) is 4.20. The lowest BCUT2D eigenvalue weighted by molar-refractivity contribution is -0.0417. The van der Waals surface area contributed by atoms with Gasteiger partial charge in [0.15, 0.2) is 11.6 Å². The number of ether oxygens (including phenoxy) is 1. The molecule has 1 N–H and O–H groups in total. The highest BCUT2D eigenvalue weighted by Gasteiger charge is 2.25. The van der Waals surface area contributed by atoms with E-state index >= 15 is 0 Å². The second-order valence-corrected chi connectivity index (χ2v) is 3.96. The lowest BCUT2D eigenvalue weighted by atomic mass is 10.1. The van der Waals surface area contributed by atoms with E-state index in [0.29, 0.717) is 12.1 Å². The van der Waals surface area contributed by atoms with Crippen LogP contribution in [0.5, 0.6) is 0 Å². The molecule has 88 valence electrons. The van der Waals surface area contributed by atoms with Crippen molar-refractivity contribution in [3.8, 4) is 0 Å². The molecule has 2 unspecified atom stereocenters. The van der Waals surface area contributed by atoms with E-state index in [2.05, 4.69) is 5.32 Å². The molecule has 2 nitrogen and oxygen atoms in total. The summed E-state index contributed by atoms with van der Waals surface area (Å²) in [6.45, 7) is 3.30. The standard InChI is InChI=1S/C12H15F2NO/c1-2-8-6-15-7-11(16-8)9-4-3-5-10(13)12(9)14/h3-5,8,11,15H,2,6-7H2,1H3. The van der Waals surface area contributed by atoms with Crippen molar-refractivity contribution in [1.29, 1.82) is 0 Å². The van der Waals surface area contributed by atoms with Crippen molar-refractivity contribution in [2.45, 2.75) is 25.6 Å². The van der Waals surface area contributed by atoms with Crippen LogP contribution < -0.4 is 5.32 Å². The molecule has 0 aromatic heterocycles. The van der Waals surface area contributed by atoms with Gasteiger partial charge < -0.3 is 10.1 Å². The minimum absolute atomic E-state index is 0.0708. The number of nitrogens with one attached hydrogen (secondary N) is 1. The Morgan fingerprint density at radius 1 is 1.38 bits per heavy atom. The van der Waals surface area contributed by atoms with Gasteiger partial charge in [0.25, 0.3) is 0 Å². The first-order valence-corrected chi connectivity index (χ1v) is 5.52. The summed E-state index contributed by atoms with van der Waals surface area (Å²) < 4.78 is 32.3. The van der Waals surface area contributed by atoms with Gasteiger partial charge in [0.2, 0.25) is 0 Å². The highest BCUT2D eigenvalue weighted by molar-refractivity contribution is 5.22. The Balaban J connectivity index is 2.20. The second-order valence-electron chi connectivity index (χ2n) is 3.96. The van der Waals surface area contributed by atoms with Crippen LogP contribution >= 0.6 is 0 Å². The van der Waals surface area contributed by atoms with E-state index in [1.165, 1.54) is 6.07 Å². The SMILES string of the molecule is CCC1CNCC(c2cccc(F)c2F)O1. The molecule has 1 heterocycles. The first-order chi connectivity index (χ1) is 7.72. The maximum Gasteiger partial charge on any atom is 0.164 e. The van der Waals surface area contributed by atoms with Crippen LogP contribution in [0.15, 0.2) is 18.2 Å². The van der Waals surface area contributed by atoms with Crippen molar-refractivity contribution in [3.05, 3.63) is 35.4 Å². The van der Waals surface area contributed by atoms with Crippen LogP contribution in [-0.2, 0) is 4.74 Å². The van der Waals surface area contributed by atoms with Gasteiger partial charge in [-0.3, -0.25) is 0 Å². The summed E-state index contributed by atoms with van der Waals surface area (Å²) in [7, 11) is 0. The molecule has 0 saturated carbocycles. The number of rotatable bonds is 2. The smallest absolute Gasteiger partial charge is 0.164 e. The predicted molar refractivity (Wildman–Crippen MR) is 57.1 cm³/mol. The van der Waals surface area contributed by atoms with Crippen LogP contribution in [0.3, 0.4) is 0 Å². The lowest BCUT2D eigenvalue weighted by Gasteiger charge is -2.30. The Labute approximate surface area is 93.6 Å². The maximum atomic E-state index is 13.5. The third-order valence-corrected chi connectivity index (χ3v) is 2.84. The van der Waals surface area contributed by atoms with Crippen molar-refractivity contribution in [1.82, 2.24) is 5.32 Å². The molecule has 0 aliphatic carbocycles. The van der Waals surface area contributed by atoms with Crippen LogP contribution in [0.25, 0.3) is 0 Å². The van der Waals surface area contributed by atoms with Gasteiger partial charge in [-0.1, -0.05) is 19.1 Å². The van der Waals surface area contributed by atoms with Crippen molar-refractivity contribution in [2.75, 3.05) is 13.1 Å². The number of benzene rings is 1. The number of morpholine rings is 1. The minimum atomic E-state index is -0.820. The van der Waals surface area contributed by atoms with Crippen molar-refractivity contribution in [2.24, 2.45) is 0 Å². The fraction of sp³-hybridized carbons (Fsp3) is 0.500. The zero-order valence-electron chi connectivity index (χ0n) is 9.17. The fourth-order valence-corrected chi connectivity index (χ4v) is 1.90. The van der Waals surface area contributed by atoms with E-state index in [9.17, 15) is 8.78 Å². The molecule has 1 aromatic carbocycles. The Kier molecular flexibility index (Phi) is 3.51. The largest absolute Gasteiger partial charge is 0.368 e. The summed E-state index contributed by atoms with van der Waals surface area (Å²) in [5, 5.41) is 3.17. The van der Waals surface area contributed by atoms with E-state index < -0.39 is 17.7 Å². The maximum absolute atomic E-state index is 13.5. The zero-order valence-corrected chi connectivity index (χ0v) is 9.17. The van der Waals surface area contributed by atoms with Gasteiger partial charge in [-0.15, -0.1) is 0 Å². The van der Waals surface area contributed by atoms with Crippen molar-refractivity contribution >= 4 is 0 Å². The molecule has 2 rings (SSSR count). The number of hydrogen-bond donors (Lipinski definition) is 1. The number of hydrogen-bond acceptors (Lipinski definition) is 2. The highest BCUT2D eigenvalue weighted by Crippen LogP contribution is 2.25. The average molecular weight is 227 g/mol. The van der Waals surface area contributed by atoms with Gasteiger partial charge in [0, 0.05) is 18.7 Å². The van der Waals surface area contributed by atoms with Crippen LogP contribution in [0, 0.1) is 11.6 Å². The lowest BCUT2D eigenvalue weighted by Crippen LogP contribution is -2.40. The molecule has 0 spiro atoms. The minimum Gasteiger partial charge on any atom is -0.368 e. The molecule has 0 radical (unpaired) electrons. The second kappa shape index (κ2) is 4.89. The van der Waals surface area contributed by atoms with Gasteiger partial charge in [-0.05, 0) is 12.5 Å². The van der Waals surface area contributed by atoms with Gasteiger partial charge in [0.1, 0.15) is 0 Å². The highest BCUT2D eigenvalue weighted by atomic mass is 19.2. The third-order valence-electron chi connectivity index (χ3n) is 2.84. The summed E-state index contributed by atoms with van der Waals surface area (Å²) in [6.07, 6.45) is 0.538. The quantitative estimate of drug-likeness (QED) is 0.837. The molecule has 0 bridgehead atoms. The van der Waals surface area contributed by atoms with Crippen LogP contribution in [0.1, 0.15) is 25.0 Å². The Morgan fingerprint density at radius 3 is 2.94 bits per heavy atom. The molecule has 2 atom stereocenters. The van der Waals surface area contributed by atoms with Gasteiger partial charge in [0.05, 0.1) is 12.2 Å². The third kappa shape index (κ3) is 2.23. The molecule has 4 heteroatoms. The Morgan fingerprint density at radius 2 is 2.19 bits per heavy atom. The van der Waals surface area contributed by atoms with E-state index in [1.807, 2.05) is 6.92 Å². The van der Waals surface area contributed by atoms with Crippen LogP contribution in [0.2, 0.25) is 0 Å². The molecule has 1 aliphatic heterocycles. The average Bonchev–Trinajstić information content (AvgIpc) is 2.33. The normalized spacial score (nSPS) is 25.7. The van der Waals surface area contributed by atoms with Crippen LogP contribution in [0.4, 0.5) is 8.78 Å². The fourth-order valence-electron chi connectivity index (χ4n) is 1.90. The van der Waals surface area contributed by atoms with Crippen molar-refractivity contribution < 1.29 is 13.5 Å². The van der Waals surface area contributed by atoms with Gasteiger partial charge in [-0.25, -0.2) is 8.78 Å². The van der Waals surface area contributed by atoms with Gasteiger partial charge >= 0.3 is 0 Å². The summed E-state index contributed by atoms with van der Waals surface area (Å²) in [5.74, 6) is -1.62. The number of halogens is 2. The molecule has 1 aromatic rings. The molecule has 16 heavy (non-hydrogen) atoms. The molecule has 1 aliphatic rings. The van der Waals surface area contributed by atoms with E-state index in [1.54, 1.807) is 6.07 Å². The molecule has 0 amide bonds. The topological polar surface area (TPSA) is 21.3 Å². The molecule has 1 saturated heterocycles. The Hall–Kier alpha value is -1.00. The molecular formula is C12H15F2NO. The molecule has 1 fully saturated rings. The van der Waals surface area contributed by atoms with E-state index in [-0.39, 0.29) is 6.10 Å². The van der Waals surface area contributed by atoms with Gasteiger partial charge in [-0.2, -0.15) is 0 Å². The summed E-state index contributed by atoms with van der Waals surface area (Å²) in [4.78, 5) is 0. The van der Waals surface area contributed by atoms with Crippen molar-refractivity contribution in [3.63, 3.8) is 0 Å². The first kappa shape index (κ1) is 11.5. The summed E-state index contributed by atoms with van der Waals surface area (Å²) >= 11 is 0. The monoisotopic (exact) mass is 227 g/mol. The predicted octanol–water partition coefficient (Wildman–Crippen LogP) is 2.40. The zero-order chi connectivity index (χ0) is 11.5. The van der Waals surface area contributed by atoms with Crippen LogP contribution in [-0.4, -0.2) is 19.2 Å². The van der Waals surface area contributed by atoms with E-state index in [0.717, 1.165) is 19.0 Å². The van der Waals surface area contributed by atoms with E-state index in [4.69, 9.17) is 4.74 Å². The molecular weight excluding hydrogens is 212 g/mol. The Bertz CT molecular complexity index is 370. The summed E-state index contributed by atoms with van der Waals surface area (Å²) in [5.41, 5.74) is 0.297.